The molecule has 0 aliphatic heterocycles. The summed E-state index contributed by atoms with van der Waals surface area (Å²) < 4.78 is 5.25. The number of carbonyl (C=O) groups is 2. The van der Waals surface area contributed by atoms with Crippen molar-refractivity contribution in [1.82, 2.24) is 4.98 Å². The number of hydrogen-bond acceptors (Lipinski definition) is 5. The number of nitrogens with zero attached hydrogens (tertiary/aromatic N) is 1. The van der Waals surface area contributed by atoms with Gasteiger partial charge < -0.3 is 10.1 Å². The number of carbonyl (C=O) groups excluding carboxylic acids is 2. The van der Waals surface area contributed by atoms with Crippen molar-refractivity contribution in [2.24, 2.45) is 0 Å². The van der Waals surface area contributed by atoms with Crippen molar-refractivity contribution < 1.29 is 14.3 Å². The second-order valence-corrected chi connectivity index (χ2v) is 7.42. The average molecular weight is 407 g/mol. The number of aromatic nitrogens is 1. The van der Waals surface area contributed by atoms with Crippen LogP contribution in [0.1, 0.15) is 28.4 Å². The number of nitrogens with one attached hydrogen (secondary N) is 1. The third-order valence-electron chi connectivity index (χ3n) is 4.29. The van der Waals surface area contributed by atoms with Gasteiger partial charge in [0, 0.05) is 16.8 Å². The highest BCUT2D eigenvalue weighted by atomic mass is 32.2. The van der Waals surface area contributed by atoms with Gasteiger partial charge in [0.25, 0.3) is 5.91 Å². The predicted molar refractivity (Wildman–Crippen MR) is 114 cm³/mol. The zero-order valence-electron chi connectivity index (χ0n) is 16.3. The predicted octanol–water partition coefficient (Wildman–Crippen LogP) is 4.90. The maximum Gasteiger partial charge on any atom is 0.341 e. The van der Waals surface area contributed by atoms with E-state index >= 15 is 0 Å². The van der Waals surface area contributed by atoms with E-state index < -0.39 is 5.97 Å². The van der Waals surface area contributed by atoms with Gasteiger partial charge in [0.2, 0.25) is 0 Å². The lowest BCUT2D eigenvalue weighted by Crippen LogP contribution is -2.22. The third-order valence-corrected chi connectivity index (χ3v) is 5.31. The zero-order valence-corrected chi connectivity index (χ0v) is 17.2. The van der Waals surface area contributed by atoms with Gasteiger partial charge in [-0.2, -0.15) is 0 Å². The number of rotatable bonds is 7. The molecule has 3 aromatic rings. The zero-order chi connectivity index (χ0) is 20.6. The molecule has 0 aliphatic carbocycles. The number of amides is 1. The van der Waals surface area contributed by atoms with Crippen LogP contribution in [-0.4, -0.2) is 23.5 Å². The topological polar surface area (TPSA) is 68.3 Å². The van der Waals surface area contributed by atoms with Crippen molar-refractivity contribution in [2.75, 3.05) is 11.9 Å². The van der Waals surface area contributed by atoms with E-state index in [2.05, 4.69) is 10.3 Å². The second kappa shape index (κ2) is 9.89. The Labute approximate surface area is 174 Å². The number of anilines is 1. The summed E-state index contributed by atoms with van der Waals surface area (Å²) in [6, 6.07) is 18.8. The van der Waals surface area contributed by atoms with Crippen LogP contribution in [0.3, 0.4) is 0 Å². The normalized spacial score (nSPS) is 10.4. The van der Waals surface area contributed by atoms with E-state index in [4.69, 9.17) is 4.74 Å². The molecule has 0 unspecified atom stereocenters. The number of hydrogen-bond donors (Lipinski definition) is 1. The summed E-state index contributed by atoms with van der Waals surface area (Å²) in [7, 11) is 0. The Morgan fingerprint density at radius 1 is 1.03 bits per heavy atom. The van der Waals surface area contributed by atoms with Gasteiger partial charge in [-0.1, -0.05) is 55.1 Å². The average Bonchev–Trinajstić information content (AvgIpc) is 2.74. The fraction of sp³-hybridized carbons (Fsp3) is 0.174. The lowest BCUT2D eigenvalue weighted by molar-refractivity contribution is -0.119. The molecule has 1 N–H and O–H groups in total. The van der Waals surface area contributed by atoms with E-state index in [1.807, 2.05) is 62.4 Å². The highest BCUT2D eigenvalue weighted by molar-refractivity contribution is 7.99. The molecule has 148 valence electrons. The lowest BCUT2D eigenvalue weighted by atomic mass is 10.1. The van der Waals surface area contributed by atoms with Gasteiger partial charge in [-0.05, 0) is 48.7 Å². The minimum Gasteiger partial charge on any atom is -0.452 e. The number of esters is 1. The molecule has 29 heavy (non-hydrogen) atoms. The van der Waals surface area contributed by atoms with E-state index in [1.165, 1.54) is 11.8 Å². The van der Waals surface area contributed by atoms with Gasteiger partial charge in [0.15, 0.2) is 6.61 Å². The summed E-state index contributed by atoms with van der Waals surface area (Å²) in [6.07, 6.45) is 2.42. The molecule has 1 heterocycles. The van der Waals surface area contributed by atoms with Crippen LogP contribution in [0.5, 0.6) is 0 Å². The van der Waals surface area contributed by atoms with E-state index in [9.17, 15) is 9.59 Å². The molecule has 6 heteroatoms. The van der Waals surface area contributed by atoms with Crippen molar-refractivity contribution in [3.05, 3.63) is 83.6 Å². The van der Waals surface area contributed by atoms with Crippen molar-refractivity contribution in [3.63, 3.8) is 0 Å². The monoisotopic (exact) mass is 406 g/mol. The molecule has 0 saturated carbocycles. The van der Waals surface area contributed by atoms with Crippen molar-refractivity contribution >= 4 is 29.3 Å². The molecule has 1 aromatic heterocycles. The molecule has 0 spiro atoms. The standard InChI is InChI=1S/C23H22N2O3S/c1-3-17-10-7-9-16(2)21(17)25-20(26)15-28-23(27)19-13-8-14-24-22(19)29-18-11-5-4-6-12-18/h4-14H,3,15H2,1-2H3,(H,25,26). The van der Waals surface area contributed by atoms with E-state index in [0.29, 0.717) is 10.6 Å². The Morgan fingerprint density at radius 3 is 2.59 bits per heavy atom. The maximum atomic E-state index is 12.5. The van der Waals surface area contributed by atoms with Crippen LogP contribution in [0.2, 0.25) is 0 Å². The fourth-order valence-corrected chi connectivity index (χ4v) is 3.71. The first kappa shape index (κ1) is 20.6. The quantitative estimate of drug-likeness (QED) is 0.565. The molecule has 0 aliphatic rings. The molecular weight excluding hydrogens is 384 g/mol. The molecule has 0 bridgehead atoms. The largest absolute Gasteiger partial charge is 0.452 e. The van der Waals surface area contributed by atoms with Crippen molar-refractivity contribution in [1.29, 1.82) is 0 Å². The van der Waals surface area contributed by atoms with Gasteiger partial charge in [-0.25, -0.2) is 9.78 Å². The van der Waals surface area contributed by atoms with E-state index in [-0.39, 0.29) is 12.5 Å². The van der Waals surface area contributed by atoms with Crippen molar-refractivity contribution in [3.8, 4) is 0 Å². The lowest BCUT2D eigenvalue weighted by Gasteiger charge is -2.13. The van der Waals surface area contributed by atoms with Crippen molar-refractivity contribution in [2.45, 2.75) is 30.2 Å². The molecule has 0 fully saturated rings. The summed E-state index contributed by atoms with van der Waals surface area (Å²) in [6.45, 7) is 3.60. The summed E-state index contributed by atoms with van der Waals surface area (Å²) >= 11 is 1.37. The SMILES string of the molecule is CCc1cccc(C)c1NC(=O)COC(=O)c1cccnc1Sc1ccccc1. The molecule has 5 nitrogen and oxygen atoms in total. The van der Waals surface area contributed by atoms with Crippen LogP contribution < -0.4 is 5.32 Å². The Balaban J connectivity index is 1.65. The van der Waals surface area contributed by atoms with Crippen LogP contribution in [-0.2, 0) is 16.0 Å². The molecule has 0 atom stereocenters. The summed E-state index contributed by atoms with van der Waals surface area (Å²) in [5, 5.41) is 3.39. The minimum atomic E-state index is -0.577. The van der Waals surface area contributed by atoms with Gasteiger partial charge in [-0.3, -0.25) is 4.79 Å². The van der Waals surface area contributed by atoms with Crippen LogP contribution in [0, 0.1) is 6.92 Å². The molecule has 0 radical (unpaired) electrons. The summed E-state index contributed by atoms with van der Waals surface area (Å²) in [5.41, 5.74) is 3.12. The Kier molecular flexibility index (Phi) is 7.03. The highest BCUT2D eigenvalue weighted by Crippen LogP contribution is 2.28. The number of pyridine rings is 1. The number of para-hydroxylation sites is 1. The van der Waals surface area contributed by atoms with Crippen LogP contribution in [0.4, 0.5) is 5.69 Å². The van der Waals surface area contributed by atoms with Crippen LogP contribution in [0.15, 0.2) is 76.8 Å². The second-order valence-electron chi connectivity index (χ2n) is 6.36. The van der Waals surface area contributed by atoms with Gasteiger partial charge in [0.1, 0.15) is 5.03 Å². The molecule has 0 saturated heterocycles. The van der Waals surface area contributed by atoms with Crippen LogP contribution in [0.25, 0.3) is 0 Å². The highest BCUT2D eigenvalue weighted by Gasteiger charge is 2.17. The third kappa shape index (κ3) is 5.45. The fourth-order valence-electron chi connectivity index (χ4n) is 2.81. The van der Waals surface area contributed by atoms with Gasteiger partial charge >= 0.3 is 5.97 Å². The smallest absolute Gasteiger partial charge is 0.341 e. The van der Waals surface area contributed by atoms with Gasteiger partial charge in [-0.15, -0.1) is 0 Å². The Bertz CT molecular complexity index is 1010. The minimum absolute atomic E-state index is 0.333. The maximum absolute atomic E-state index is 12.5. The summed E-state index contributed by atoms with van der Waals surface area (Å²) in [5.74, 6) is -0.948. The van der Waals surface area contributed by atoms with E-state index in [1.54, 1.807) is 18.3 Å². The van der Waals surface area contributed by atoms with Crippen LogP contribution >= 0.6 is 11.8 Å². The molecule has 1 amide bonds. The molecule has 3 rings (SSSR count). The summed E-state index contributed by atoms with van der Waals surface area (Å²) in [4.78, 5) is 30.1. The Morgan fingerprint density at radius 2 is 1.83 bits per heavy atom. The molecular formula is C23H22N2O3S. The first-order valence-electron chi connectivity index (χ1n) is 9.32. The number of benzene rings is 2. The van der Waals surface area contributed by atoms with E-state index in [0.717, 1.165) is 28.1 Å². The Hall–Kier alpha value is -3.12. The number of ether oxygens (including phenoxy) is 1. The first-order valence-corrected chi connectivity index (χ1v) is 10.1. The van der Waals surface area contributed by atoms with Gasteiger partial charge in [0.05, 0.1) is 5.56 Å². The first-order chi connectivity index (χ1) is 14.1. The number of aryl methyl sites for hydroxylation is 2. The molecule has 2 aromatic carbocycles.